The molecule has 0 radical (unpaired) electrons. The highest BCUT2D eigenvalue weighted by Gasteiger charge is 2.50. The monoisotopic (exact) mass is 249 g/mol. The van der Waals surface area contributed by atoms with Crippen LogP contribution >= 0.6 is 11.6 Å². The van der Waals surface area contributed by atoms with Gasteiger partial charge in [0.15, 0.2) is 0 Å². The van der Waals surface area contributed by atoms with E-state index in [2.05, 4.69) is 17.0 Å². The Morgan fingerprint density at radius 3 is 2.35 bits per heavy atom. The van der Waals surface area contributed by atoms with Crippen LogP contribution in [0.3, 0.4) is 0 Å². The summed E-state index contributed by atoms with van der Waals surface area (Å²) in [5, 5.41) is 0.863. The van der Waals surface area contributed by atoms with Crippen LogP contribution in [0, 0.1) is 0 Å². The Morgan fingerprint density at radius 1 is 1.12 bits per heavy atom. The highest BCUT2D eigenvalue weighted by atomic mass is 35.5. The molecule has 1 saturated carbocycles. The average molecular weight is 250 g/mol. The van der Waals surface area contributed by atoms with E-state index in [1.165, 1.54) is 18.4 Å². The lowest BCUT2D eigenvalue weighted by Gasteiger charge is -2.35. The summed E-state index contributed by atoms with van der Waals surface area (Å²) in [6, 6.07) is 8.12. The number of ketones is 1. The van der Waals surface area contributed by atoms with Crippen molar-refractivity contribution in [2.24, 2.45) is 0 Å². The van der Waals surface area contributed by atoms with Crippen molar-refractivity contribution in [2.75, 3.05) is 13.1 Å². The molecule has 90 valence electrons. The summed E-state index contributed by atoms with van der Waals surface area (Å²) in [6.45, 7) is 1.79. The Bertz CT molecular complexity index is 443. The first-order chi connectivity index (χ1) is 8.22. The Balaban J connectivity index is 1.87. The van der Waals surface area contributed by atoms with Gasteiger partial charge in [0.1, 0.15) is 5.78 Å². The molecule has 1 heterocycles. The average Bonchev–Trinajstić information content (AvgIpc) is 3.12. The van der Waals surface area contributed by atoms with Crippen LogP contribution in [-0.4, -0.2) is 23.8 Å². The fourth-order valence-corrected chi connectivity index (χ4v) is 3.21. The van der Waals surface area contributed by atoms with Gasteiger partial charge in [0.05, 0.1) is 0 Å². The van der Waals surface area contributed by atoms with Gasteiger partial charge < -0.3 is 0 Å². The van der Waals surface area contributed by atoms with Crippen LogP contribution in [0.25, 0.3) is 0 Å². The van der Waals surface area contributed by atoms with E-state index in [0.717, 1.165) is 18.1 Å². The molecule has 1 aliphatic carbocycles. The summed E-state index contributed by atoms with van der Waals surface area (Å²) >= 11 is 6.30. The lowest BCUT2D eigenvalue weighted by atomic mass is 9.99. The maximum atomic E-state index is 11.3. The molecule has 0 atom stereocenters. The third-order valence-corrected chi connectivity index (χ3v) is 4.35. The summed E-state index contributed by atoms with van der Waals surface area (Å²) < 4.78 is 0. The van der Waals surface area contributed by atoms with Crippen LogP contribution in [0.4, 0.5) is 0 Å². The molecule has 1 aromatic rings. The third kappa shape index (κ3) is 1.90. The second-order valence-corrected chi connectivity index (χ2v) is 5.44. The molecular formula is C14H16ClNO. The van der Waals surface area contributed by atoms with Crippen molar-refractivity contribution in [3.05, 3.63) is 34.9 Å². The minimum absolute atomic E-state index is 0.138. The second kappa shape index (κ2) is 4.11. The SMILES string of the molecule is O=C1CCN(C2(c3ccccc3Cl)CC2)CC1. The fraction of sp³-hybridized carbons (Fsp3) is 0.500. The lowest BCUT2D eigenvalue weighted by molar-refractivity contribution is -0.122. The normalized spacial score (nSPS) is 23.7. The zero-order valence-electron chi connectivity index (χ0n) is 9.79. The number of carbonyl (C=O) groups excluding carboxylic acids is 1. The van der Waals surface area contributed by atoms with Crippen LogP contribution in [-0.2, 0) is 10.3 Å². The first-order valence-electron chi connectivity index (χ1n) is 6.24. The van der Waals surface area contributed by atoms with Gasteiger partial charge in [-0.1, -0.05) is 29.8 Å². The molecule has 1 aromatic carbocycles. The van der Waals surface area contributed by atoms with Gasteiger partial charge in [0.2, 0.25) is 0 Å². The van der Waals surface area contributed by atoms with Crippen molar-refractivity contribution in [1.82, 2.24) is 4.90 Å². The van der Waals surface area contributed by atoms with Crippen LogP contribution in [0.1, 0.15) is 31.2 Å². The number of likely N-dealkylation sites (tertiary alicyclic amines) is 1. The first kappa shape index (κ1) is 11.2. The number of Topliss-reactive ketones (excluding diaryl/α,β-unsaturated/α-hetero) is 1. The largest absolute Gasteiger partial charge is 0.300 e. The predicted octanol–water partition coefficient (Wildman–Crippen LogP) is 2.99. The molecule has 0 unspecified atom stereocenters. The number of hydrogen-bond donors (Lipinski definition) is 0. The fourth-order valence-electron chi connectivity index (χ4n) is 2.90. The zero-order chi connectivity index (χ0) is 11.9. The first-order valence-corrected chi connectivity index (χ1v) is 6.62. The van der Waals surface area contributed by atoms with E-state index in [-0.39, 0.29) is 5.54 Å². The number of halogens is 1. The lowest BCUT2D eigenvalue weighted by Crippen LogP contribution is -2.41. The quantitative estimate of drug-likeness (QED) is 0.803. The highest BCUT2D eigenvalue weighted by molar-refractivity contribution is 6.31. The van der Waals surface area contributed by atoms with Crippen molar-refractivity contribution in [1.29, 1.82) is 0 Å². The highest BCUT2D eigenvalue weighted by Crippen LogP contribution is 2.53. The van der Waals surface area contributed by atoms with Crippen LogP contribution in [0.15, 0.2) is 24.3 Å². The van der Waals surface area contributed by atoms with E-state index in [0.29, 0.717) is 18.6 Å². The summed E-state index contributed by atoms with van der Waals surface area (Å²) in [4.78, 5) is 13.8. The van der Waals surface area contributed by atoms with Gasteiger partial charge in [-0.3, -0.25) is 9.69 Å². The van der Waals surface area contributed by atoms with Gasteiger partial charge in [-0.25, -0.2) is 0 Å². The van der Waals surface area contributed by atoms with E-state index in [9.17, 15) is 4.79 Å². The third-order valence-electron chi connectivity index (χ3n) is 4.03. The molecule has 2 aliphatic rings. The van der Waals surface area contributed by atoms with Crippen LogP contribution in [0.5, 0.6) is 0 Å². The minimum atomic E-state index is 0.138. The van der Waals surface area contributed by atoms with Gasteiger partial charge in [-0.15, -0.1) is 0 Å². The molecule has 1 aliphatic heterocycles. The topological polar surface area (TPSA) is 20.3 Å². The number of benzene rings is 1. The van der Waals surface area contributed by atoms with Gasteiger partial charge in [-0.05, 0) is 24.5 Å². The van der Waals surface area contributed by atoms with E-state index in [1.54, 1.807) is 0 Å². The number of piperidine rings is 1. The summed E-state index contributed by atoms with van der Waals surface area (Å²) in [7, 11) is 0. The Hall–Kier alpha value is -0.860. The molecular weight excluding hydrogens is 234 g/mol. The van der Waals surface area contributed by atoms with Gasteiger partial charge in [0.25, 0.3) is 0 Å². The number of rotatable bonds is 2. The van der Waals surface area contributed by atoms with Crippen molar-refractivity contribution >= 4 is 17.4 Å². The zero-order valence-corrected chi connectivity index (χ0v) is 10.5. The number of hydrogen-bond acceptors (Lipinski definition) is 2. The number of nitrogens with zero attached hydrogens (tertiary/aromatic N) is 1. The van der Waals surface area contributed by atoms with Crippen molar-refractivity contribution in [3.8, 4) is 0 Å². The standard InChI is InChI=1S/C14H16ClNO/c15-13-4-2-1-3-12(13)14(7-8-14)16-9-5-11(17)6-10-16/h1-4H,5-10H2. The Kier molecular flexibility index (Phi) is 2.72. The minimum Gasteiger partial charge on any atom is -0.300 e. The molecule has 0 N–H and O–H groups in total. The summed E-state index contributed by atoms with van der Waals surface area (Å²) in [6.07, 6.45) is 3.74. The van der Waals surface area contributed by atoms with Gasteiger partial charge in [-0.2, -0.15) is 0 Å². The van der Waals surface area contributed by atoms with E-state index < -0.39 is 0 Å². The molecule has 0 spiro atoms. The van der Waals surface area contributed by atoms with Gasteiger partial charge >= 0.3 is 0 Å². The maximum absolute atomic E-state index is 11.3. The van der Waals surface area contributed by atoms with Gasteiger partial charge in [0, 0.05) is 36.5 Å². The smallest absolute Gasteiger partial charge is 0.135 e. The summed E-state index contributed by atoms with van der Waals surface area (Å²) in [5.41, 5.74) is 1.38. The van der Waals surface area contributed by atoms with E-state index >= 15 is 0 Å². The van der Waals surface area contributed by atoms with Crippen molar-refractivity contribution in [3.63, 3.8) is 0 Å². The van der Waals surface area contributed by atoms with E-state index in [1.807, 2.05) is 12.1 Å². The van der Waals surface area contributed by atoms with Crippen LogP contribution in [0.2, 0.25) is 5.02 Å². The molecule has 2 fully saturated rings. The molecule has 0 bridgehead atoms. The molecule has 3 rings (SSSR count). The molecule has 1 saturated heterocycles. The van der Waals surface area contributed by atoms with Crippen molar-refractivity contribution < 1.29 is 4.79 Å². The Labute approximate surface area is 107 Å². The molecule has 3 heteroatoms. The molecule has 2 nitrogen and oxygen atoms in total. The predicted molar refractivity (Wildman–Crippen MR) is 68.2 cm³/mol. The molecule has 0 aromatic heterocycles. The maximum Gasteiger partial charge on any atom is 0.135 e. The Morgan fingerprint density at radius 2 is 1.76 bits per heavy atom. The summed E-state index contributed by atoms with van der Waals surface area (Å²) in [5.74, 6) is 0.399. The molecule has 17 heavy (non-hydrogen) atoms. The molecule has 0 amide bonds. The second-order valence-electron chi connectivity index (χ2n) is 5.04. The van der Waals surface area contributed by atoms with E-state index in [4.69, 9.17) is 11.6 Å². The van der Waals surface area contributed by atoms with Crippen LogP contribution < -0.4 is 0 Å². The van der Waals surface area contributed by atoms with Crippen molar-refractivity contribution in [2.45, 2.75) is 31.2 Å². The number of carbonyl (C=O) groups is 1.